The van der Waals surface area contributed by atoms with E-state index in [2.05, 4.69) is 5.32 Å². The Bertz CT molecular complexity index is 803. The Kier molecular flexibility index (Phi) is 6.87. The Hall–Kier alpha value is -2.60. The zero-order valence-corrected chi connectivity index (χ0v) is 16.1. The molecule has 1 N–H and O–H groups in total. The van der Waals surface area contributed by atoms with Gasteiger partial charge in [0.05, 0.1) is 10.6 Å². The third kappa shape index (κ3) is 5.23. The number of ether oxygens (including phenoxy) is 1. The first kappa shape index (κ1) is 20.1. The summed E-state index contributed by atoms with van der Waals surface area (Å²) in [5.74, 6) is -0.306. The van der Waals surface area contributed by atoms with Crippen molar-refractivity contribution in [3.63, 3.8) is 0 Å². The summed E-state index contributed by atoms with van der Waals surface area (Å²) in [5.41, 5.74) is -0.130. The number of carbonyl (C=O) groups excluding carboxylic acids is 2. The van der Waals surface area contributed by atoms with Crippen LogP contribution in [-0.2, 0) is 4.79 Å². The van der Waals surface area contributed by atoms with Crippen molar-refractivity contribution in [3.05, 3.63) is 64.9 Å². The second kappa shape index (κ2) is 9.55. The van der Waals surface area contributed by atoms with Gasteiger partial charge in [0, 0.05) is 19.6 Å². The van der Waals surface area contributed by atoms with Gasteiger partial charge in [-0.05, 0) is 43.0 Å². The summed E-state index contributed by atoms with van der Waals surface area (Å²) in [6.07, 6.45) is 1.53. The molecule has 0 saturated carbocycles. The fourth-order valence-corrected chi connectivity index (χ4v) is 3.43. The summed E-state index contributed by atoms with van der Waals surface area (Å²) in [6.45, 7) is 1.65. The predicted octanol–water partition coefficient (Wildman–Crippen LogP) is 3.53. The number of rotatable bonds is 6. The van der Waals surface area contributed by atoms with E-state index in [1.165, 1.54) is 18.2 Å². The summed E-state index contributed by atoms with van der Waals surface area (Å²) in [6, 6.07) is 13.4. The minimum absolute atomic E-state index is 0.0111. The van der Waals surface area contributed by atoms with Gasteiger partial charge in [-0.15, -0.1) is 0 Å². The van der Waals surface area contributed by atoms with E-state index in [0.717, 1.165) is 12.8 Å². The number of para-hydroxylation sites is 1. The molecule has 0 bridgehead atoms. The monoisotopic (exact) mass is 404 g/mol. The second-order valence-corrected chi connectivity index (χ2v) is 7.14. The topological polar surface area (TPSA) is 58.6 Å². The van der Waals surface area contributed by atoms with Crippen LogP contribution in [0.1, 0.15) is 23.2 Å². The highest BCUT2D eigenvalue weighted by Gasteiger charge is 2.24. The average molecular weight is 405 g/mol. The average Bonchev–Trinajstić information content (AvgIpc) is 2.71. The third-order valence-electron chi connectivity index (χ3n) is 4.81. The van der Waals surface area contributed by atoms with Gasteiger partial charge in [0.15, 0.2) is 6.61 Å². The fraction of sp³-hybridized carbons (Fsp3) is 0.333. The lowest BCUT2D eigenvalue weighted by molar-refractivity contribution is -0.134. The van der Waals surface area contributed by atoms with Crippen LogP contribution in [0.15, 0.2) is 48.5 Å². The molecule has 28 heavy (non-hydrogen) atoms. The Labute approximate surface area is 168 Å². The van der Waals surface area contributed by atoms with Crippen LogP contribution in [0.25, 0.3) is 0 Å². The maximum absolute atomic E-state index is 13.8. The molecule has 1 saturated heterocycles. The number of piperidine rings is 1. The number of benzene rings is 2. The van der Waals surface area contributed by atoms with E-state index in [4.69, 9.17) is 16.3 Å². The predicted molar refractivity (Wildman–Crippen MR) is 105 cm³/mol. The van der Waals surface area contributed by atoms with Crippen molar-refractivity contribution in [1.29, 1.82) is 0 Å². The summed E-state index contributed by atoms with van der Waals surface area (Å²) >= 11 is 5.92. The number of amides is 2. The molecule has 1 fully saturated rings. The SMILES string of the molecule is O=C(NCC1CCN(C(=O)COc2ccccc2)CC1)c1c(F)cccc1Cl. The van der Waals surface area contributed by atoms with Gasteiger partial charge in [-0.3, -0.25) is 9.59 Å². The normalized spacial score (nSPS) is 14.6. The van der Waals surface area contributed by atoms with Crippen LogP contribution in [0.2, 0.25) is 5.02 Å². The number of nitrogens with one attached hydrogen (secondary N) is 1. The molecule has 0 aromatic heterocycles. The van der Waals surface area contributed by atoms with E-state index in [9.17, 15) is 14.0 Å². The van der Waals surface area contributed by atoms with Crippen LogP contribution in [0.5, 0.6) is 5.75 Å². The summed E-state index contributed by atoms with van der Waals surface area (Å²) in [4.78, 5) is 26.3. The third-order valence-corrected chi connectivity index (χ3v) is 5.13. The molecule has 148 valence electrons. The van der Waals surface area contributed by atoms with E-state index in [1.807, 2.05) is 30.3 Å². The number of likely N-dealkylation sites (tertiary alicyclic amines) is 1. The van der Waals surface area contributed by atoms with Crippen LogP contribution in [-0.4, -0.2) is 43.0 Å². The van der Waals surface area contributed by atoms with Crippen LogP contribution < -0.4 is 10.1 Å². The number of nitrogens with zero attached hydrogens (tertiary/aromatic N) is 1. The zero-order chi connectivity index (χ0) is 19.9. The van der Waals surface area contributed by atoms with Crippen LogP contribution in [0.4, 0.5) is 4.39 Å². The maximum atomic E-state index is 13.8. The molecule has 0 atom stereocenters. The molecular weight excluding hydrogens is 383 g/mol. The standard InChI is InChI=1S/C21H22ClFN2O3/c22-17-7-4-8-18(23)20(17)21(27)24-13-15-9-11-25(12-10-15)19(26)14-28-16-5-2-1-3-6-16/h1-8,15H,9-14H2,(H,24,27). The first-order chi connectivity index (χ1) is 13.5. The second-order valence-electron chi connectivity index (χ2n) is 6.73. The molecule has 1 aliphatic heterocycles. The molecule has 5 nitrogen and oxygen atoms in total. The minimum atomic E-state index is -0.635. The van der Waals surface area contributed by atoms with E-state index < -0.39 is 11.7 Å². The van der Waals surface area contributed by atoms with Gasteiger partial charge in [-0.2, -0.15) is 0 Å². The molecule has 2 amide bonds. The molecule has 0 spiro atoms. The van der Waals surface area contributed by atoms with Crippen LogP contribution in [0.3, 0.4) is 0 Å². The van der Waals surface area contributed by atoms with Crippen LogP contribution >= 0.6 is 11.6 Å². The number of hydrogen-bond donors (Lipinski definition) is 1. The molecule has 0 aliphatic carbocycles. The van der Waals surface area contributed by atoms with Gasteiger partial charge in [0.2, 0.25) is 0 Å². The number of halogens is 2. The lowest BCUT2D eigenvalue weighted by Crippen LogP contribution is -2.43. The van der Waals surface area contributed by atoms with E-state index >= 15 is 0 Å². The largest absolute Gasteiger partial charge is 0.484 e. The van der Waals surface area contributed by atoms with Crippen molar-refractivity contribution in [2.24, 2.45) is 5.92 Å². The molecule has 3 rings (SSSR count). The molecule has 1 heterocycles. The number of hydrogen-bond acceptors (Lipinski definition) is 3. The molecule has 0 unspecified atom stereocenters. The Morgan fingerprint density at radius 1 is 1.11 bits per heavy atom. The van der Waals surface area contributed by atoms with Crippen molar-refractivity contribution in [2.45, 2.75) is 12.8 Å². The molecule has 0 radical (unpaired) electrons. The molecule has 2 aromatic carbocycles. The first-order valence-corrected chi connectivity index (χ1v) is 9.60. The van der Waals surface area contributed by atoms with Gasteiger partial charge in [0.1, 0.15) is 11.6 Å². The summed E-state index contributed by atoms with van der Waals surface area (Å²) < 4.78 is 19.3. The van der Waals surface area contributed by atoms with Crippen molar-refractivity contribution in [3.8, 4) is 5.75 Å². The Morgan fingerprint density at radius 3 is 2.50 bits per heavy atom. The van der Waals surface area contributed by atoms with Gasteiger partial charge in [0.25, 0.3) is 11.8 Å². The summed E-state index contributed by atoms with van der Waals surface area (Å²) in [7, 11) is 0. The highest BCUT2D eigenvalue weighted by atomic mass is 35.5. The fourth-order valence-electron chi connectivity index (χ4n) is 3.18. The van der Waals surface area contributed by atoms with Gasteiger partial charge in [-0.25, -0.2) is 4.39 Å². The van der Waals surface area contributed by atoms with Gasteiger partial charge >= 0.3 is 0 Å². The van der Waals surface area contributed by atoms with E-state index in [0.29, 0.717) is 25.4 Å². The first-order valence-electron chi connectivity index (χ1n) is 9.22. The Morgan fingerprint density at radius 2 is 1.82 bits per heavy atom. The summed E-state index contributed by atoms with van der Waals surface area (Å²) in [5, 5.41) is 2.84. The van der Waals surface area contributed by atoms with Crippen molar-refractivity contribution in [2.75, 3.05) is 26.2 Å². The minimum Gasteiger partial charge on any atom is -0.484 e. The van der Waals surface area contributed by atoms with Crippen molar-refractivity contribution >= 4 is 23.4 Å². The highest BCUT2D eigenvalue weighted by molar-refractivity contribution is 6.33. The maximum Gasteiger partial charge on any atom is 0.260 e. The van der Waals surface area contributed by atoms with E-state index in [-0.39, 0.29) is 29.0 Å². The molecule has 1 aliphatic rings. The number of carbonyl (C=O) groups is 2. The lowest BCUT2D eigenvalue weighted by Gasteiger charge is -2.32. The quantitative estimate of drug-likeness (QED) is 0.801. The van der Waals surface area contributed by atoms with Gasteiger partial charge < -0.3 is 15.0 Å². The zero-order valence-electron chi connectivity index (χ0n) is 15.4. The van der Waals surface area contributed by atoms with Crippen molar-refractivity contribution < 1.29 is 18.7 Å². The molecule has 7 heteroatoms. The smallest absolute Gasteiger partial charge is 0.260 e. The molecule has 2 aromatic rings. The van der Waals surface area contributed by atoms with Crippen LogP contribution in [0, 0.1) is 11.7 Å². The van der Waals surface area contributed by atoms with Crippen molar-refractivity contribution in [1.82, 2.24) is 10.2 Å². The van der Waals surface area contributed by atoms with Gasteiger partial charge in [-0.1, -0.05) is 35.9 Å². The lowest BCUT2D eigenvalue weighted by atomic mass is 9.96. The highest BCUT2D eigenvalue weighted by Crippen LogP contribution is 2.20. The Balaban J connectivity index is 1.41. The molecular formula is C21H22ClFN2O3. The van der Waals surface area contributed by atoms with E-state index in [1.54, 1.807) is 4.90 Å².